The molecule has 2 aliphatic rings. The van der Waals surface area contributed by atoms with Crippen LogP contribution in [0.5, 0.6) is 0 Å². The van der Waals surface area contributed by atoms with Crippen molar-refractivity contribution in [3.8, 4) is 0 Å². The van der Waals surface area contributed by atoms with Crippen molar-refractivity contribution in [2.24, 2.45) is 0 Å². The second kappa shape index (κ2) is 6.04. The van der Waals surface area contributed by atoms with Crippen LogP contribution in [0.15, 0.2) is 4.52 Å². The van der Waals surface area contributed by atoms with Crippen LogP contribution in [0.2, 0.25) is 0 Å². The van der Waals surface area contributed by atoms with Gasteiger partial charge >= 0.3 is 0 Å². The summed E-state index contributed by atoms with van der Waals surface area (Å²) in [5.41, 5.74) is 0. The van der Waals surface area contributed by atoms with Crippen LogP contribution >= 0.6 is 0 Å². The van der Waals surface area contributed by atoms with E-state index in [0.29, 0.717) is 30.1 Å². The maximum absolute atomic E-state index is 11.5. The molecule has 6 nitrogen and oxygen atoms in total. The normalized spacial score (nSPS) is 32.3. The quantitative estimate of drug-likeness (QED) is 0.909. The Morgan fingerprint density at radius 1 is 1.19 bits per heavy atom. The minimum Gasteiger partial charge on any atom is -0.339 e. The first-order valence-corrected chi connectivity index (χ1v) is 9.67. The standard InChI is InChI=1S/C14H23N3O3S/c1-2-15-12-5-3-10(4-6-12)14-16-13(17-20-14)11-7-8-21(18,19)9-11/h10-12,15H,2-9H2,1H3. The average Bonchev–Trinajstić information content (AvgIpc) is 3.06. The van der Waals surface area contributed by atoms with Gasteiger partial charge in [0.1, 0.15) is 0 Å². The van der Waals surface area contributed by atoms with Gasteiger partial charge in [0.15, 0.2) is 15.7 Å². The van der Waals surface area contributed by atoms with Crippen molar-refractivity contribution < 1.29 is 12.9 Å². The molecule has 1 unspecified atom stereocenters. The summed E-state index contributed by atoms with van der Waals surface area (Å²) < 4.78 is 28.5. The van der Waals surface area contributed by atoms with Crippen LogP contribution in [0, 0.1) is 0 Å². The van der Waals surface area contributed by atoms with Crippen LogP contribution in [0.1, 0.15) is 62.6 Å². The van der Waals surface area contributed by atoms with E-state index in [2.05, 4.69) is 22.4 Å². The van der Waals surface area contributed by atoms with E-state index in [1.54, 1.807) is 0 Å². The predicted octanol–water partition coefficient (Wildman–Crippen LogP) is 1.61. The topological polar surface area (TPSA) is 85.1 Å². The van der Waals surface area contributed by atoms with Crippen LogP contribution < -0.4 is 5.32 Å². The molecule has 3 rings (SSSR count). The number of sulfone groups is 1. The van der Waals surface area contributed by atoms with E-state index in [0.717, 1.165) is 32.2 Å². The molecule has 0 radical (unpaired) electrons. The van der Waals surface area contributed by atoms with E-state index in [1.807, 2.05) is 0 Å². The van der Waals surface area contributed by atoms with Crippen LogP contribution in [0.25, 0.3) is 0 Å². The molecule has 1 N–H and O–H groups in total. The van der Waals surface area contributed by atoms with Gasteiger partial charge in [-0.05, 0) is 38.6 Å². The molecule has 21 heavy (non-hydrogen) atoms. The van der Waals surface area contributed by atoms with Gasteiger partial charge in [-0.3, -0.25) is 0 Å². The summed E-state index contributed by atoms with van der Waals surface area (Å²) in [6.45, 7) is 3.14. The molecule has 1 aromatic heterocycles. The van der Waals surface area contributed by atoms with Crippen molar-refractivity contribution in [2.75, 3.05) is 18.1 Å². The Labute approximate surface area is 125 Å². The monoisotopic (exact) mass is 313 g/mol. The lowest BCUT2D eigenvalue weighted by Gasteiger charge is -2.26. The first-order valence-electron chi connectivity index (χ1n) is 7.84. The molecule has 1 aliphatic carbocycles. The van der Waals surface area contributed by atoms with Gasteiger partial charge in [-0.1, -0.05) is 12.1 Å². The summed E-state index contributed by atoms with van der Waals surface area (Å²) in [6.07, 6.45) is 5.00. The molecule has 2 fully saturated rings. The molecule has 118 valence electrons. The van der Waals surface area contributed by atoms with Crippen molar-refractivity contribution in [3.05, 3.63) is 11.7 Å². The molecule has 1 saturated heterocycles. The zero-order chi connectivity index (χ0) is 14.9. The van der Waals surface area contributed by atoms with Crippen molar-refractivity contribution >= 4 is 9.84 Å². The highest BCUT2D eigenvalue weighted by Gasteiger charge is 2.33. The van der Waals surface area contributed by atoms with Gasteiger partial charge in [-0.25, -0.2) is 8.42 Å². The van der Waals surface area contributed by atoms with Gasteiger partial charge in [0.2, 0.25) is 5.89 Å². The molecule has 2 heterocycles. The second-order valence-electron chi connectivity index (χ2n) is 6.20. The first-order chi connectivity index (χ1) is 10.1. The molecular formula is C14H23N3O3S. The molecule has 0 aromatic carbocycles. The van der Waals surface area contributed by atoms with Crippen LogP contribution in [-0.2, 0) is 9.84 Å². The Balaban J connectivity index is 1.61. The van der Waals surface area contributed by atoms with Gasteiger partial charge in [0.05, 0.1) is 11.5 Å². The molecule has 1 aromatic rings. The molecule has 0 spiro atoms. The summed E-state index contributed by atoms with van der Waals surface area (Å²) in [4.78, 5) is 4.49. The first kappa shape index (κ1) is 15.0. The zero-order valence-corrected chi connectivity index (χ0v) is 13.2. The number of aromatic nitrogens is 2. The maximum atomic E-state index is 11.5. The summed E-state index contributed by atoms with van der Waals surface area (Å²) in [5, 5.41) is 7.51. The molecule has 0 amide bonds. The molecule has 1 aliphatic heterocycles. The fourth-order valence-electron chi connectivity index (χ4n) is 3.41. The van der Waals surface area contributed by atoms with E-state index in [-0.39, 0.29) is 17.4 Å². The van der Waals surface area contributed by atoms with Crippen molar-refractivity contribution in [3.63, 3.8) is 0 Å². The lowest BCUT2D eigenvalue weighted by atomic mass is 9.86. The second-order valence-corrected chi connectivity index (χ2v) is 8.43. The maximum Gasteiger partial charge on any atom is 0.229 e. The van der Waals surface area contributed by atoms with E-state index < -0.39 is 9.84 Å². The number of rotatable bonds is 4. The lowest BCUT2D eigenvalue weighted by molar-refractivity contribution is 0.283. The average molecular weight is 313 g/mol. The van der Waals surface area contributed by atoms with Crippen LogP contribution in [0.3, 0.4) is 0 Å². The van der Waals surface area contributed by atoms with E-state index in [9.17, 15) is 8.42 Å². The third kappa shape index (κ3) is 3.45. The Morgan fingerprint density at radius 2 is 1.95 bits per heavy atom. The zero-order valence-electron chi connectivity index (χ0n) is 12.4. The predicted molar refractivity (Wildman–Crippen MR) is 79.0 cm³/mol. The Bertz CT molecular complexity index is 576. The van der Waals surface area contributed by atoms with Crippen LogP contribution in [0.4, 0.5) is 0 Å². The van der Waals surface area contributed by atoms with Crippen molar-refractivity contribution in [1.29, 1.82) is 0 Å². The van der Waals surface area contributed by atoms with Crippen LogP contribution in [-0.4, -0.2) is 42.7 Å². The van der Waals surface area contributed by atoms with Gasteiger partial charge in [-0.2, -0.15) is 4.98 Å². The lowest BCUT2D eigenvalue weighted by Crippen LogP contribution is -2.32. The Hall–Kier alpha value is -0.950. The molecule has 1 atom stereocenters. The third-order valence-corrected chi connectivity index (χ3v) is 6.39. The molecule has 1 saturated carbocycles. The summed E-state index contributed by atoms with van der Waals surface area (Å²) in [5.74, 6) is 1.95. The summed E-state index contributed by atoms with van der Waals surface area (Å²) >= 11 is 0. The fourth-order valence-corrected chi connectivity index (χ4v) is 5.15. The minimum atomic E-state index is -2.90. The Kier molecular flexibility index (Phi) is 4.31. The largest absolute Gasteiger partial charge is 0.339 e. The minimum absolute atomic E-state index is 0.0782. The number of nitrogens with zero attached hydrogens (tertiary/aromatic N) is 2. The fraction of sp³-hybridized carbons (Fsp3) is 0.857. The molecular weight excluding hydrogens is 290 g/mol. The molecule has 7 heteroatoms. The Morgan fingerprint density at radius 3 is 2.57 bits per heavy atom. The van der Waals surface area contributed by atoms with Crippen molar-refractivity contribution in [2.45, 2.75) is 56.9 Å². The highest BCUT2D eigenvalue weighted by molar-refractivity contribution is 7.91. The van der Waals surface area contributed by atoms with E-state index in [4.69, 9.17) is 4.52 Å². The third-order valence-electron chi connectivity index (χ3n) is 4.62. The SMILES string of the molecule is CCNC1CCC(c2nc(C3CCS(=O)(=O)C3)no2)CC1. The summed E-state index contributed by atoms with van der Waals surface area (Å²) in [7, 11) is -2.90. The molecule has 0 bridgehead atoms. The number of hydrogen-bond acceptors (Lipinski definition) is 6. The van der Waals surface area contributed by atoms with Gasteiger partial charge in [0, 0.05) is 17.9 Å². The smallest absolute Gasteiger partial charge is 0.229 e. The van der Waals surface area contributed by atoms with E-state index >= 15 is 0 Å². The van der Waals surface area contributed by atoms with Gasteiger partial charge in [0.25, 0.3) is 0 Å². The number of hydrogen-bond donors (Lipinski definition) is 1. The van der Waals surface area contributed by atoms with Gasteiger partial charge < -0.3 is 9.84 Å². The summed E-state index contributed by atoms with van der Waals surface area (Å²) in [6, 6.07) is 0.605. The highest BCUT2D eigenvalue weighted by atomic mass is 32.2. The number of nitrogens with one attached hydrogen (secondary N) is 1. The highest BCUT2D eigenvalue weighted by Crippen LogP contribution is 2.33. The van der Waals surface area contributed by atoms with Gasteiger partial charge in [-0.15, -0.1) is 0 Å². The van der Waals surface area contributed by atoms with Crippen molar-refractivity contribution in [1.82, 2.24) is 15.5 Å². The van der Waals surface area contributed by atoms with E-state index in [1.165, 1.54) is 0 Å².